The van der Waals surface area contributed by atoms with Crippen LogP contribution in [0.25, 0.3) is 11.0 Å². The number of benzene rings is 1. The van der Waals surface area contributed by atoms with Crippen molar-refractivity contribution in [2.45, 2.75) is 26.9 Å². The van der Waals surface area contributed by atoms with E-state index in [-0.39, 0.29) is 5.69 Å². The molecule has 0 aliphatic carbocycles. The van der Waals surface area contributed by atoms with Crippen LogP contribution in [0.5, 0.6) is 0 Å². The maximum atomic E-state index is 11.3. The highest BCUT2D eigenvalue weighted by Gasteiger charge is 2.11. The first-order chi connectivity index (χ1) is 10.6. The van der Waals surface area contributed by atoms with Gasteiger partial charge in [-0.2, -0.15) is 0 Å². The third kappa shape index (κ3) is 2.54. The summed E-state index contributed by atoms with van der Waals surface area (Å²) in [6, 6.07) is 4.10. The largest absolute Gasteiger partial charge is 0.464 e. The molecule has 0 atom stereocenters. The molecule has 0 unspecified atom stereocenters. The number of aromatic nitrogens is 6. The van der Waals surface area contributed by atoms with Crippen molar-refractivity contribution in [1.82, 2.24) is 30.0 Å². The van der Waals surface area contributed by atoms with Crippen molar-refractivity contribution in [1.29, 1.82) is 0 Å². The number of carbonyl (C=O) groups excluding carboxylic acids is 1. The molecule has 0 amide bonds. The normalized spacial score (nSPS) is 11.0. The second-order valence-corrected chi connectivity index (χ2v) is 5.10. The first kappa shape index (κ1) is 14.2. The molecule has 0 aliphatic heterocycles. The van der Waals surface area contributed by atoms with Crippen molar-refractivity contribution in [2.75, 3.05) is 7.11 Å². The summed E-state index contributed by atoms with van der Waals surface area (Å²) < 4.78 is 8.00. The molecule has 0 spiro atoms. The van der Waals surface area contributed by atoms with E-state index >= 15 is 0 Å². The summed E-state index contributed by atoms with van der Waals surface area (Å²) in [7, 11) is 1.31. The highest BCUT2D eigenvalue weighted by Crippen LogP contribution is 2.17. The van der Waals surface area contributed by atoms with Gasteiger partial charge in [0.25, 0.3) is 0 Å². The summed E-state index contributed by atoms with van der Waals surface area (Å²) in [6.07, 6.45) is 1.56. The lowest BCUT2D eigenvalue weighted by Crippen LogP contribution is -2.09. The third-order valence-corrected chi connectivity index (χ3v) is 3.60. The smallest absolute Gasteiger partial charge is 0.360 e. The Morgan fingerprint density at radius 1 is 1.14 bits per heavy atom. The third-order valence-electron chi connectivity index (χ3n) is 3.60. The zero-order valence-electron chi connectivity index (χ0n) is 12.6. The van der Waals surface area contributed by atoms with Crippen molar-refractivity contribution >= 4 is 17.0 Å². The van der Waals surface area contributed by atoms with Gasteiger partial charge in [-0.1, -0.05) is 10.4 Å². The van der Waals surface area contributed by atoms with E-state index in [1.54, 1.807) is 10.9 Å². The Balaban J connectivity index is 1.78. The lowest BCUT2D eigenvalue weighted by atomic mass is 10.1. The molecule has 0 saturated carbocycles. The number of fused-ring (bicyclic) bond motifs is 1. The van der Waals surface area contributed by atoms with E-state index in [9.17, 15) is 4.79 Å². The van der Waals surface area contributed by atoms with E-state index in [1.165, 1.54) is 18.2 Å². The molecule has 8 nitrogen and oxygen atoms in total. The Morgan fingerprint density at radius 3 is 2.68 bits per heavy atom. The first-order valence-corrected chi connectivity index (χ1v) is 6.87. The Kier molecular flexibility index (Phi) is 3.58. The average Bonchev–Trinajstić information content (AvgIpc) is 3.12. The Morgan fingerprint density at radius 2 is 1.91 bits per heavy atom. The van der Waals surface area contributed by atoms with Gasteiger partial charge in [0.05, 0.1) is 31.9 Å². The van der Waals surface area contributed by atoms with Crippen LogP contribution in [0.2, 0.25) is 0 Å². The van der Waals surface area contributed by atoms with Crippen LogP contribution in [0.4, 0.5) is 0 Å². The van der Waals surface area contributed by atoms with Crippen molar-refractivity contribution in [3.63, 3.8) is 0 Å². The van der Waals surface area contributed by atoms with Gasteiger partial charge in [-0.25, -0.2) is 14.2 Å². The zero-order valence-corrected chi connectivity index (χ0v) is 12.6. The van der Waals surface area contributed by atoms with Crippen LogP contribution < -0.4 is 0 Å². The van der Waals surface area contributed by atoms with Gasteiger partial charge in [0.2, 0.25) is 0 Å². The molecule has 2 heterocycles. The molecule has 3 rings (SSSR count). The van der Waals surface area contributed by atoms with Crippen LogP contribution >= 0.6 is 0 Å². The fraction of sp³-hybridized carbons (Fsp3) is 0.357. The van der Waals surface area contributed by atoms with E-state index in [2.05, 4.69) is 45.3 Å². The van der Waals surface area contributed by atoms with Crippen LogP contribution in [0.15, 0.2) is 18.3 Å². The van der Waals surface area contributed by atoms with Gasteiger partial charge in [0, 0.05) is 0 Å². The van der Waals surface area contributed by atoms with Crippen molar-refractivity contribution in [2.24, 2.45) is 0 Å². The number of methoxy groups -OCH3 is 1. The molecule has 2 aromatic heterocycles. The molecule has 0 aliphatic rings. The van der Waals surface area contributed by atoms with E-state index in [0.717, 1.165) is 11.0 Å². The van der Waals surface area contributed by atoms with Crippen LogP contribution in [-0.2, 0) is 17.8 Å². The van der Waals surface area contributed by atoms with Crippen molar-refractivity contribution in [3.8, 4) is 0 Å². The van der Waals surface area contributed by atoms with E-state index in [4.69, 9.17) is 0 Å². The quantitative estimate of drug-likeness (QED) is 0.671. The molecule has 0 fully saturated rings. The van der Waals surface area contributed by atoms with Gasteiger partial charge < -0.3 is 4.74 Å². The maximum Gasteiger partial charge on any atom is 0.360 e. The van der Waals surface area contributed by atoms with Crippen molar-refractivity contribution in [3.05, 3.63) is 35.2 Å². The van der Waals surface area contributed by atoms with E-state index in [1.807, 2.05) is 10.7 Å². The van der Waals surface area contributed by atoms with E-state index < -0.39 is 5.97 Å². The lowest BCUT2D eigenvalue weighted by Gasteiger charge is -2.04. The number of ether oxygens (including phenoxy) is 1. The maximum absolute atomic E-state index is 11.3. The minimum Gasteiger partial charge on any atom is -0.464 e. The van der Waals surface area contributed by atoms with Gasteiger partial charge in [0.15, 0.2) is 5.69 Å². The predicted molar refractivity (Wildman–Crippen MR) is 78.4 cm³/mol. The summed E-state index contributed by atoms with van der Waals surface area (Å²) in [5.41, 5.74) is 4.44. The molecule has 114 valence electrons. The summed E-state index contributed by atoms with van der Waals surface area (Å²) in [6.45, 7) is 5.24. The molecule has 0 N–H and O–H groups in total. The molecular formula is C14H16N6O2. The molecule has 22 heavy (non-hydrogen) atoms. The Labute approximate surface area is 126 Å². The van der Waals surface area contributed by atoms with Crippen LogP contribution in [0.3, 0.4) is 0 Å². The predicted octanol–water partition coefficient (Wildman–Crippen LogP) is 1.13. The minimum absolute atomic E-state index is 0.192. The first-order valence-electron chi connectivity index (χ1n) is 6.87. The molecule has 0 saturated heterocycles. The molecule has 1 aromatic carbocycles. The van der Waals surface area contributed by atoms with Gasteiger partial charge >= 0.3 is 5.97 Å². The Hall–Kier alpha value is -2.77. The molecule has 0 radical (unpaired) electrons. The summed E-state index contributed by atoms with van der Waals surface area (Å²) >= 11 is 0. The van der Waals surface area contributed by atoms with Crippen LogP contribution in [-0.4, -0.2) is 43.1 Å². The second-order valence-electron chi connectivity index (χ2n) is 5.10. The number of hydrogen-bond acceptors (Lipinski definition) is 6. The minimum atomic E-state index is -0.497. The second kappa shape index (κ2) is 5.55. The summed E-state index contributed by atoms with van der Waals surface area (Å²) in [5.74, 6) is -0.497. The van der Waals surface area contributed by atoms with Crippen LogP contribution in [0.1, 0.15) is 21.6 Å². The van der Waals surface area contributed by atoms with E-state index in [0.29, 0.717) is 13.1 Å². The van der Waals surface area contributed by atoms with Gasteiger partial charge in [-0.3, -0.25) is 0 Å². The topological polar surface area (TPSA) is 87.7 Å². The van der Waals surface area contributed by atoms with Crippen molar-refractivity contribution < 1.29 is 9.53 Å². The summed E-state index contributed by atoms with van der Waals surface area (Å²) in [4.78, 5) is 11.3. The number of esters is 1. The number of nitrogens with zero attached hydrogens (tertiary/aromatic N) is 6. The number of aryl methyl sites for hydroxylation is 4. The van der Waals surface area contributed by atoms with Gasteiger partial charge in [-0.05, 0) is 37.1 Å². The van der Waals surface area contributed by atoms with Gasteiger partial charge in [-0.15, -0.1) is 10.2 Å². The highest BCUT2D eigenvalue weighted by atomic mass is 16.5. The lowest BCUT2D eigenvalue weighted by molar-refractivity contribution is 0.0594. The standard InChI is InChI=1S/C14H16N6O2/c1-9-6-11-13(7-10(9)2)20(18-15-11)5-4-19-8-12(16-17-19)14(21)22-3/h6-8H,4-5H2,1-3H3. The molecule has 3 aromatic rings. The molecule has 8 heteroatoms. The number of hydrogen-bond donors (Lipinski definition) is 0. The number of carbonyl (C=O) groups is 1. The number of rotatable bonds is 4. The van der Waals surface area contributed by atoms with Gasteiger partial charge in [0.1, 0.15) is 5.52 Å². The summed E-state index contributed by atoms with van der Waals surface area (Å²) in [5, 5.41) is 16.0. The monoisotopic (exact) mass is 300 g/mol. The SMILES string of the molecule is COC(=O)c1cn(CCn2nnc3cc(C)c(C)cc32)nn1. The molecular weight excluding hydrogens is 284 g/mol. The average molecular weight is 300 g/mol. The fourth-order valence-electron chi connectivity index (χ4n) is 2.19. The fourth-order valence-corrected chi connectivity index (χ4v) is 2.19. The van der Waals surface area contributed by atoms with Crippen LogP contribution in [0, 0.1) is 13.8 Å². The Bertz CT molecular complexity index is 835. The zero-order chi connectivity index (χ0) is 15.7. The molecule has 0 bridgehead atoms. The highest BCUT2D eigenvalue weighted by molar-refractivity contribution is 5.86.